The predicted molar refractivity (Wildman–Crippen MR) is 49.5 cm³/mol. The molecule has 6 nitrogen and oxygen atoms in total. The minimum Gasteiger partial charge on any atom is -0.481 e. The molecule has 0 aliphatic carbocycles. The molecule has 0 radical (unpaired) electrons. The molecular weight excluding hydrogens is 160 g/mol. The van der Waals surface area contributed by atoms with Gasteiger partial charge in [-0.25, -0.2) is 0 Å². The molecule has 0 bridgehead atoms. The van der Waals surface area contributed by atoms with Crippen LogP contribution in [-0.2, 0) is 4.79 Å². The van der Waals surface area contributed by atoms with Gasteiger partial charge in [0.2, 0.25) is 0 Å². The summed E-state index contributed by atoms with van der Waals surface area (Å²) >= 11 is 0. The van der Waals surface area contributed by atoms with Crippen molar-refractivity contribution in [3.05, 3.63) is 0 Å². The van der Waals surface area contributed by atoms with Crippen LogP contribution in [0, 0.1) is 0 Å². The monoisotopic (exact) mass is 180 g/mol. The van der Waals surface area contributed by atoms with Gasteiger partial charge < -0.3 is 28.0 Å². The Labute approximate surface area is 72.9 Å². The maximum atomic E-state index is 9.00. The number of aliphatic carboxylic acids is 1. The third kappa shape index (κ3) is 375. The largest absolute Gasteiger partial charge is 0.481 e. The molecule has 6 heteroatoms. The second-order valence-electron chi connectivity index (χ2n) is 1.67. The van der Waals surface area contributed by atoms with Gasteiger partial charge in [0.05, 0.1) is 0 Å². The summed E-state index contributed by atoms with van der Waals surface area (Å²) in [4.78, 5) is 9.00. The first-order valence-electron chi connectivity index (χ1n) is 3.56. The quantitative estimate of drug-likeness (QED) is 0.329. The Morgan fingerprint density at radius 2 is 1.08 bits per heavy atom. The van der Waals surface area contributed by atoms with Gasteiger partial charge in [-0.2, -0.15) is 0 Å². The molecule has 0 saturated heterocycles. The first-order chi connectivity index (χ1) is 5.56. The normalized spacial score (nSPS) is 7.08. The van der Waals surface area contributed by atoms with E-state index in [0.717, 1.165) is 6.92 Å². The summed E-state index contributed by atoms with van der Waals surface area (Å²) in [6.07, 6.45) is 0. The molecular formula is C6H20N4O2. The topological polar surface area (TPSA) is 141 Å². The van der Waals surface area contributed by atoms with Crippen LogP contribution in [0.25, 0.3) is 0 Å². The zero-order valence-electron chi connectivity index (χ0n) is 7.49. The fraction of sp³-hybridized carbons (Fsp3) is 0.833. The highest BCUT2D eigenvalue weighted by molar-refractivity contribution is 5.62. The minimum absolute atomic E-state index is 0.597. The summed E-state index contributed by atoms with van der Waals surface area (Å²) in [7, 11) is 0. The molecule has 0 amide bonds. The summed E-state index contributed by atoms with van der Waals surface area (Å²) < 4.78 is 0. The van der Waals surface area contributed by atoms with E-state index in [1.165, 1.54) is 0 Å². The van der Waals surface area contributed by atoms with Gasteiger partial charge in [-0.3, -0.25) is 4.79 Å². The van der Waals surface area contributed by atoms with E-state index >= 15 is 0 Å². The van der Waals surface area contributed by atoms with Crippen molar-refractivity contribution in [2.45, 2.75) is 6.92 Å². The Morgan fingerprint density at radius 3 is 1.08 bits per heavy atom. The van der Waals surface area contributed by atoms with E-state index in [9.17, 15) is 0 Å². The number of nitrogens with two attached hydrogens (primary N) is 4. The molecule has 76 valence electrons. The lowest BCUT2D eigenvalue weighted by molar-refractivity contribution is -0.134. The van der Waals surface area contributed by atoms with Gasteiger partial charge in [-0.1, -0.05) is 0 Å². The van der Waals surface area contributed by atoms with E-state index in [1.807, 2.05) is 0 Å². The molecule has 0 unspecified atom stereocenters. The zero-order chi connectivity index (χ0) is 10.4. The number of carbonyl (C=O) groups is 1. The fourth-order valence-electron chi connectivity index (χ4n) is 0. The molecule has 0 atom stereocenters. The first-order valence-corrected chi connectivity index (χ1v) is 3.56. The highest BCUT2D eigenvalue weighted by Crippen LogP contribution is 1.42. The predicted octanol–water partition coefficient (Wildman–Crippen LogP) is -2.10. The van der Waals surface area contributed by atoms with Gasteiger partial charge in [0.1, 0.15) is 0 Å². The van der Waals surface area contributed by atoms with Crippen LogP contribution in [0.4, 0.5) is 0 Å². The average Bonchev–Trinajstić information content (AvgIpc) is 2.03. The lowest BCUT2D eigenvalue weighted by Gasteiger charge is -1.72. The van der Waals surface area contributed by atoms with Crippen molar-refractivity contribution >= 4 is 5.97 Å². The standard InChI is InChI=1S/2C2H8N2.C2H4O2/c2*3-1-2-4;1-2(3)4/h2*1-4H2;1H3,(H,3,4). The lowest BCUT2D eigenvalue weighted by Crippen LogP contribution is -2.11. The maximum absolute atomic E-state index is 9.00. The van der Waals surface area contributed by atoms with E-state index in [1.54, 1.807) is 0 Å². The maximum Gasteiger partial charge on any atom is 0.300 e. The van der Waals surface area contributed by atoms with Crippen LogP contribution < -0.4 is 22.9 Å². The molecule has 0 heterocycles. The van der Waals surface area contributed by atoms with Crippen molar-refractivity contribution in [2.75, 3.05) is 26.2 Å². The summed E-state index contributed by atoms with van der Waals surface area (Å²) in [5.74, 6) is -0.833. The molecule has 0 aromatic carbocycles. The third-order valence-corrected chi connectivity index (χ3v) is 0.333. The zero-order valence-corrected chi connectivity index (χ0v) is 7.49. The van der Waals surface area contributed by atoms with Crippen LogP contribution in [0.15, 0.2) is 0 Å². The SMILES string of the molecule is CC(=O)O.NCCN.NCCN. The minimum atomic E-state index is -0.833. The molecule has 0 spiro atoms. The highest BCUT2D eigenvalue weighted by Gasteiger charge is 1.65. The third-order valence-electron chi connectivity index (χ3n) is 0.333. The molecule has 0 rings (SSSR count). The Bertz CT molecular complexity index is 67.9. The van der Waals surface area contributed by atoms with Crippen molar-refractivity contribution in [2.24, 2.45) is 22.9 Å². The second-order valence-corrected chi connectivity index (χ2v) is 1.67. The van der Waals surface area contributed by atoms with Crippen LogP contribution in [0.1, 0.15) is 6.92 Å². The van der Waals surface area contributed by atoms with Crippen LogP contribution in [-0.4, -0.2) is 37.3 Å². The fourth-order valence-corrected chi connectivity index (χ4v) is 0. The van der Waals surface area contributed by atoms with Crippen LogP contribution in [0.5, 0.6) is 0 Å². The molecule has 0 aliphatic rings. The van der Waals surface area contributed by atoms with Gasteiger partial charge in [0.15, 0.2) is 0 Å². The van der Waals surface area contributed by atoms with E-state index in [0.29, 0.717) is 26.2 Å². The second kappa shape index (κ2) is 22.4. The molecule has 12 heavy (non-hydrogen) atoms. The van der Waals surface area contributed by atoms with Crippen molar-refractivity contribution in [1.29, 1.82) is 0 Å². The highest BCUT2D eigenvalue weighted by atomic mass is 16.4. The molecule has 0 aromatic heterocycles. The van der Waals surface area contributed by atoms with Gasteiger partial charge in [-0.15, -0.1) is 0 Å². The number of hydrogen-bond acceptors (Lipinski definition) is 5. The van der Waals surface area contributed by atoms with Crippen molar-refractivity contribution in [3.8, 4) is 0 Å². The lowest BCUT2D eigenvalue weighted by atomic mass is 10.7. The summed E-state index contributed by atoms with van der Waals surface area (Å²) in [6, 6.07) is 0. The average molecular weight is 180 g/mol. The summed E-state index contributed by atoms with van der Waals surface area (Å²) in [6.45, 7) is 3.47. The van der Waals surface area contributed by atoms with E-state index in [-0.39, 0.29) is 0 Å². The Morgan fingerprint density at radius 1 is 1.00 bits per heavy atom. The molecule has 0 aliphatic heterocycles. The number of carboxylic acids is 1. The Balaban J connectivity index is -0.000000101. The van der Waals surface area contributed by atoms with Crippen molar-refractivity contribution in [3.63, 3.8) is 0 Å². The van der Waals surface area contributed by atoms with Gasteiger partial charge in [0.25, 0.3) is 5.97 Å². The van der Waals surface area contributed by atoms with E-state index in [4.69, 9.17) is 32.8 Å². The van der Waals surface area contributed by atoms with Crippen molar-refractivity contribution < 1.29 is 9.90 Å². The molecule has 0 aromatic rings. The van der Waals surface area contributed by atoms with Crippen LogP contribution >= 0.6 is 0 Å². The van der Waals surface area contributed by atoms with Crippen LogP contribution in [0.2, 0.25) is 0 Å². The van der Waals surface area contributed by atoms with E-state index in [2.05, 4.69) is 0 Å². The van der Waals surface area contributed by atoms with Crippen molar-refractivity contribution in [1.82, 2.24) is 0 Å². The molecule has 9 N–H and O–H groups in total. The summed E-state index contributed by atoms with van der Waals surface area (Å²) in [5.41, 5.74) is 19.6. The smallest absolute Gasteiger partial charge is 0.300 e. The van der Waals surface area contributed by atoms with Crippen LogP contribution in [0.3, 0.4) is 0 Å². The van der Waals surface area contributed by atoms with Gasteiger partial charge in [-0.05, 0) is 0 Å². The number of hydrogen-bond donors (Lipinski definition) is 5. The first kappa shape index (κ1) is 17.4. The Hall–Kier alpha value is -0.690. The van der Waals surface area contributed by atoms with E-state index < -0.39 is 5.97 Å². The van der Waals surface area contributed by atoms with Gasteiger partial charge >= 0.3 is 0 Å². The molecule has 0 fully saturated rings. The summed E-state index contributed by atoms with van der Waals surface area (Å²) in [5, 5.41) is 7.42. The van der Waals surface area contributed by atoms with Gasteiger partial charge in [0, 0.05) is 33.1 Å². The Kier molecular flexibility index (Phi) is 32.6. The number of carboxylic acid groups (broad SMARTS) is 1. The number of rotatable bonds is 2. The molecule has 0 saturated carbocycles.